The van der Waals surface area contributed by atoms with E-state index in [4.69, 9.17) is 9.47 Å². The van der Waals surface area contributed by atoms with Crippen LogP contribution in [-0.4, -0.2) is 38.1 Å². The average Bonchev–Trinajstić information content (AvgIpc) is 2.64. The molecule has 0 spiro atoms. The van der Waals surface area contributed by atoms with Gasteiger partial charge in [-0.3, -0.25) is 9.69 Å². The van der Waals surface area contributed by atoms with Gasteiger partial charge in [-0.1, -0.05) is 6.07 Å². The molecule has 0 radical (unpaired) electrons. The molecule has 0 fully saturated rings. The van der Waals surface area contributed by atoms with Gasteiger partial charge in [0.05, 0.1) is 14.2 Å². The molecule has 0 unspecified atom stereocenters. The predicted molar refractivity (Wildman–Crippen MR) is 108 cm³/mol. The van der Waals surface area contributed by atoms with Crippen molar-refractivity contribution in [1.29, 1.82) is 0 Å². The summed E-state index contributed by atoms with van der Waals surface area (Å²) in [6, 6.07) is 10.2. The fraction of sp³-hybridized carbons (Fsp3) is 0.409. The molecule has 1 aliphatic rings. The van der Waals surface area contributed by atoms with Gasteiger partial charge in [0, 0.05) is 31.7 Å². The van der Waals surface area contributed by atoms with Gasteiger partial charge >= 0.3 is 0 Å². The first-order valence-corrected chi connectivity index (χ1v) is 9.32. The zero-order valence-electron chi connectivity index (χ0n) is 16.6. The minimum absolute atomic E-state index is 0.0538. The van der Waals surface area contributed by atoms with Gasteiger partial charge in [0.1, 0.15) is 0 Å². The Morgan fingerprint density at radius 3 is 2.26 bits per heavy atom. The maximum Gasteiger partial charge on any atom is 0.225 e. The van der Waals surface area contributed by atoms with Crippen LogP contribution in [0.1, 0.15) is 28.7 Å². The summed E-state index contributed by atoms with van der Waals surface area (Å²) >= 11 is 0. The quantitative estimate of drug-likeness (QED) is 0.845. The fourth-order valence-electron chi connectivity index (χ4n) is 3.66. The Hall–Kier alpha value is -2.53. The van der Waals surface area contributed by atoms with E-state index in [0.29, 0.717) is 6.42 Å². The molecule has 3 rings (SSSR count). The lowest BCUT2D eigenvalue weighted by Gasteiger charge is -2.29. The van der Waals surface area contributed by atoms with Crippen molar-refractivity contribution in [3.63, 3.8) is 0 Å². The van der Waals surface area contributed by atoms with Gasteiger partial charge < -0.3 is 14.8 Å². The molecule has 5 heteroatoms. The molecule has 0 saturated carbocycles. The van der Waals surface area contributed by atoms with Crippen LogP contribution in [0.2, 0.25) is 0 Å². The number of carbonyl (C=O) groups excluding carboxylic acids is 1. The van der Waals surface area contributed by atoms with Crippen LogP contribution in [0.3, 0.4) is 0 Å². The first kappa shape index (κ1) is 19.2. The van der Waals surface area contributed by atoms with Crippen molar-refractivity contribution in [2.75, 3.05) is 32.6 Å². The molecule has 144 valence electrons. The monoisotopic (exact) mass is 368 g/mol. The first-order valence-electron chi connectivity index (χ1n) is 9.32. The molecule has 2 aromatic carbocycles. The highest BCUT2D eigenvalue weighted by atomic mass is 16.5. The summed E-state index contributed by atoms with van der Waals surface area (Å²) in [6.45, 7) is 6.59. The lowest BCUT2D eigenvalue weighted by atomic mass is 9.98. The van der Waals surface area contributed by atoms with Crippen molar-refractivity contribution in [2.24, 2.45) is 0 Å². The van der Waals surface area contributed by atoms with Gasteiger partial charge in [-0.25, -0.2) is 0 Å². The molecule has 1 aliphatic heterocycles. The van der Waals surface area contributed by atoms with Gasteiger partial charge in [-0.05, 0) is 66.8 Å². The lowest BCUT2D eigenvalue weighted by molar-refractivity contribution is -0.116. The molecule has 0 atom stereocenters. The zero-order valence-corrected chi connectivity index (χ0v) is 16.6. The topological polar surface area (TPSA) is 50.8 Å². The van der Waals surface area contributed by atoms with Crippen LogP contribution in [0.15, 0.2) is 30.3 Å². The molecule has 1 amide bonds. The summed E-state index contributed by atoms with van der Waals surface area (Å²) in [5, 5.41) is 3.01. The molecule has 27 heavy (non-hydrogen) atoms. The summed E-state index contributed by atoms with van der Waals surface area (Å²) in [5.41, 5.74) is 5.72. The standard InChI is InChI=1S/C22H28N2O3/c1-15-9-16(2)11-19(10-15)23-22(25)6-8-24-7-5-17-12-20(26-3)21(27-4)13-18(17)14-24/h9-13H,5-8,14H2,1-4H3,(H,23,25). The molecular formula is C22H28N2O3. The van der Waals surface area contributed by atoms with Crippen LogP contribution in [0, 0.1) is 13.8 Å². The number of aryl methyl sites for hydroxylation is 2. The largest absolute Gasteiger partial charge is 0.493 e. The third-order valence-electron chi connectivity index (χ3n) is 4.96. The minimum Gasteiger partial charge on any atom is -0.493 e. The number of benzene rings is 2. The molecule has 1 N–H and O–H groups in total. The highest BCUT2D eigenvalue weighted by Crippen LogP contribution is 2.33. The van der Waals surface area contributed by atoms with Gasteiger partial charge in [0.25, 0.3) is 0 Å². The number of carbonyl (C=O) groups is 1. The molecule has 0 bridgehead atoms. The second-order valence-corrected chi connectivity index (χ2v) is 7.18. The molecular weight excluding hydrogens is 340 g/mol. The van der Waals surface area contributed by atoms with Gasteiger partial charge in [0.15, 0.2) is 11.5 Å². The molecule has 0 saturated heterocycles. The van der Waals surface area contributed by atoms with Crippen molar-refractivity contribution in [3.8, 4) is 11.5 Å². The minimum atomic E-state index is 0.0538. The highest BCUT2D eigenvalue weighted by Gasteiger charge is 2.20. The first-order chi connectivity index (χ1) is 13.0. The smallest absolute Gasteiger partial charge is 0.225 e. The number of amides is 1. The molecule has 5 nitrogen and oxygen atoms in total. The number of ether oxygens (including phenoxy) is 2. The summed E-state index contributed by atoms with van der Waals surface area (Å²) in [6.07, 6.45) is 1.43. The van der Waals surface area contributed by atoms with E-state index in [1.54, 1.807) is 14.2 Å². The summed E-state index contributed by atoms with van der Waals surface area (Å²) < 4.78 is 10.8. The van der Waals surface area contributed by atoms with Crippen molar-refractivity contribution in [3.05, 3.63) is 52.6 Å². The van der Waals surface area contributed by atoms with E-state index in [0.717, 1.165) is 54.4 Å². The Labute approximate surface area is 161 Å². The summed E-state index contributed by atoms with van der Waals surface area (Å²) in [4.78, 5) is 14.6. The highest BCUT2D eigenvalue weighted by molar-refractivity contribution is 5.91. The third kappa shape index (κ3) is 4.80. The number of nitrogens with zero attached hydrogens (tertiary/aromatic N) is 1. The van der Waals surface area contributed by atoms with Crippen LogP contribution in [0.5, 0.6) is 11.5 Å². The number of fused-ring (bicyclic) bond motifs is 1. The SMILES string of the molecule is COc1cc2c(cc1OC)CN(CCC(=O)Nc1cc(C)cc(C)c1)CC2. The van der Waals surface area contributed by atoms with Crippen molar-refractivity contribution in [2.45, 2.75) is 33.2 Å². The summed E-state index contributed by atoms with van der Waals surface area (Å²) in [7, 11) is 3.32. The van der Waals surface area contributed by atoms with E-state index in [1.165, 1.54) is 11.1 Å². The van der Waals surface area contributed by atoms with Crippen LogP contribution in [-0.2, 0) is 17.8 Å². The maximum atomic E-state index is 12.3. The van der Waals surface area contributed by atoms with Crippen molar-refractivity contribution >= 4 is 11.6 Å². The Bertz CT molecular complexity index is 812. The van der Waals surface area contributed by atoms with E-state index in [1.807, 2.05) is 26.0 Å². The van der Waals surface area contributed by atoms with E-state index >= 15 is 0 Å². The van der Waals surface area contributed by atoms with Crippen LogP contribution in [0.25, 0.3) is 0 Å². The van der Waals surface area contributed by atoms with Crippen molar-refractivity contribution < 1.29 is 14.3 Å². The number of anilines is 1. The van der Waals surface area contributed by atoms with Gasteiger partial charge in [0.2, 0.25) is 5.91 Å². The molecule has 0 aliphatic carbocycles. The summed E-state index contributed by atoms with van der Waals surface area (Å²) in [5.74, 6) is 1.58. The molecule has 0 aromatic heterocycles. The number of hydrogen-bond acceptors (Lipinski definition) is 4. The zero-order chi connectivity index (χ0) is 19.4. The van der Waals surface area contributed by atoms with Crippen LogP contribution >= 0.6 is 0 Å². The lowest BCUT2D eigenvalue weighted by Crippen LogP contribution is -2.33. The number of nitrogens with one attached hydrogen (secondary N) is 1. The van der Waals surface area contributed by atoms with Gasteiger partial charge in [-0.2, -0.15) is 0 Å². The van der Waals surface area contributed by atoms with E-state index < -0.39 is 0 Å². The van der Waals surface area contributed by atoms with Crippen LogP contribution < -0.4 is 14.8 Å². The van der Waals surface area contributed by atoms with E-state index in [9.17, 15) is 4.79 Å². The Morgan fingerprint density at radius 2 is 1.63 bits per heavy atom. The normalized spacial score (nSPS) is 13.8. The van der Waals surface area contributed by atoms with E-state index in [2.05, 4.69) is 28.4 Å². The van der Waals surface area contributed by atoms with Crippen molar-refractivity contribution in [1.82, 2.24) is 4.90 Å². The van der Waals surface area contributed by atoms with E-state index in [-0.39, 0.29) is 5.91 Å². The Balaban J connectivity index is 1.57. The number of hydrogen-bond donors (Lipinski definition) is 1. The maximum absolute atomic E-state index is 12.3. The number of rotatable bonds is 6. The fourth-order valence-corrected chi connectivity index (χ4v) is 3.66. The second kappa shape index (κ2) is 8.44. The average molecular weight is 368 g/mol. The third-order valence-corrected chi connectivity index (χ3v) is 4.96. The number of methoxy groups -OCH3 is 2. The van der Waals surface area contributed by atoms with Gasteiger partial charge in [-0.15, -0.1) is 0 Å². The molecule has 2 aromatic rings. The predicted octanol–water partition coefficient (Wildman–Crippen LogP) is 3.71. The Kier molecular flexibility index (Phi) is 6.01. The second-order valence-electron chi connectivity index (χ2n) is 7.18. The Morgan fingerprint density at radius 1 is 1.00 bits per heavy atom. The molecule has 1 heterocycles. The van der Waals surface area contributed by atoms with Crippen LogP contribution in [0.4, 0.5) is 5.69 Å².